The van der Waals surface area contributed by atoms with Crippen molar-refractivity contribution >= 4 is 15.9 Å². The smallest absolute Gasteiger partial charge is 0.261 e. The molecule has 0 unspecified atom stereocenters. The monoisotopic (exact) mass is 410 g/mol. The van der Waals surface area contributed by atoms with Crippen LogP contribution in [0.2, 0.25) is 0 Å². The molecule has 0 bridgehead atoms. The van der Waals surface area contributed by atoms with Gasteiger partial charge in [0.15, 0.2) is 6.10 Å². The van der Waals surface area contributed by atoms with Gasteiger partial charge in [-0.05, 0) is 49.9 Å². The molecule has 156 valence electrons. The van der Waals surface area contributed by atoms with Crippen LogP contribution in [0, 0.1) is 5.92 Å². The third-order valence-electron chi connectivity index (χ3n) is 5.55. The molecule has 1 aliphatic heterocycles. The van der Waals surface area contributed by atoms with Gasteiger partial charge in [-0.3, -0.25) is 4.79 Å². The lowest BCUT2D eigenvalue weighted by Gasteiger charge is -2.30. The summed E-state index contributed by atoms with van der Waals surface area (Å²) in [4.78, 5) is 12.7. The number of rotatable bonds is 6. The van der Waals surface area contributed by atoms with Crippen LogP contribution in [-0.4, -0.2) is 57.1 Å². The number of hydrogen-bond acceptors (Lipinski definition) is 5. The molecule has 1 N–H and O–H groups in total. The summed E-state index contributed by atoms with van der Waals surface area (Å²) in [6, 6.07) is 6.44. The number of sulfonamides is 1. The maximum Gasteiger partial charge on any atom is 0.261 e. The molecule has 2 fully saturated rings. The second kappa shape index (κ2) is 9.24. The fourth-order valence-electron chi connectivity index (χ4n) is 3.71. The standard InChI is InChI=1S/C20H30N2O5S/c1-15-5-3-4-6-19(15)21-20(23)16(2)27-17-7-9-18(10-8-17)28(24,25)22-11-13-26-14-12-22/h7-10,15-16,19H,3-6,11-14H2,1-2H3,(H,21,23)/t15-,16-,19+/m1/s1. The van der Waals surface area contributed by atoms with E-state index in [1.54, 1.807) is 19.1 Å². The highest BCUT2D eigenvalue weighted by atomic mass is 32.2. The van der Waals surface area contributed by atoms with Crippen LogP contribution in [0.25, 0.3) is 0 Å². The van der Waals surface area contributed by atoms with Crippen LogP contribution in [0.1, 0.15) is 39.5 Å². The Morgan fingerprint density at radius 3 is 2.46 bits per heavy atom. The summed E-state index contributed by atoms with van der Waals surface area (Å²) < 4.78 is 37.7. The third-order valence-corrected chi connectivity index (χ3v) is 7.47. The summed E-state index contributed by atoms with van der Waals surface area (Å²) in [5.41, 5.74) is 0. The number of nitrogens with one attached hydrogen (secondary N) is 1. The normalized spacial score (nSPS) is 25.1. The molecule has 1 aliphatic carbocycles. The zero-order valence-corrected chi connectivity index (χ0v) is 17.4. The minimum atomic E-state index is -3.53. The summed E-state index contributed by atoms with van der Waals surface area (Å²) >= 11 is 0. The SMILES string of the molecule is C[C@@H]1CCCC[C@@H]1NC(=O)[C@@H](C)Oc1ccc(S(=O)(=O)N2CCOCC2)cc1. The number of ether oxygens (including phenoxy) is 2. The maximum absolute atomic E-state index is 12.6. The van der Waals surface area contributed by atoms with E-state index in [9.17, 15) is 13.2 Å². The summed E-state index contributed by atoms with van der Waals surface area (Å²) in [6.45, 7) is 5.42. The summed E-state index contributed by atoms with van der Waals surface area (Å²) in [5.74, 6) is 0.818. The molecule has 28 heavy (non-hydrogen) atoms. The van der Waals surface area contributed by atoms with Crippen molar-refractivity contribution < 1.29 is 22.7 Å². The Kier molecular flexibility index (Phi) is 6.95. The van der Waals surface area contributed by atoms with E-state index in [2.05, 4.69) is 12.2 Å². The third kappa shape index (κ3) is 5.04. The number of morpholine rings is 1. The summed E-state index contributed by atoms with van der Waals surface area (Å²) in [7, 11) is -3.53. The lowest BCUT2D eigenvalue weighted by Crippen LogP contribution is -2.46. The van der Waals surface area contributed by atoms with Gasteiger partial charge in [0.2, 0.25) is 10.0 Å². The summed E-state index contributed by atoms with van der Waals surface area (Å²) in [6.07, 6.45) is 3.87. The molecule has 1 saturated heterocycles. The van der Waals surface area contributed by atoms with E-state index in [-0.39, 0.29) is 16.8 Å². The van der Waals surface area contributed by atoms with Crippen molar-refractivity contribution in [3.05, 3.63) is 24.3 Å². The zero-order valence-electron chi connectivity index (χ0n) is 16.6. The highest BCUT2D eigenvalue weighted by Gasteiger charge is 2.27. The van der Waals surface area contributed by atoms with Crippen LogP contribution in [-0.2, 0) is 19.6 Å². The second-order valence-electron chi connectivity index (χ2n) is 7.62. The van der Waals surface area contributed by atoms with Crippen molar-refractivity contribution in [3.8, 4) is 5.75 Å². The number of hydrogen-bond donors (Lipinski definition) is 1. The highest BCUT2D eigenvalue weighted by molar-refractivity contribution is 7.89. The van der Waals surface area contributed by atoms with E-state index < -0.39 is 16.1 Å². The van der Waals surface area contributed by atoms with E-state index in [1.807, 2.05) is 0 Å². The first-order valence-electron chi connectivity index (χ1n) is 10.0. The summed E-state index contributed by atoms with van der Waals surface area (Å²) in [5, 5.41) is 3.09. The topological polar surface area (TPSA) is 84.9 Å². The molecule has 0 aromatic heterocycles. The molecule has 1 aromatic carbocycles. The van der Waals surface area contributed by atoms with Gasteiger partial charge in [0.1, 0.15) is 5.75 Å². The number of nitrogens with zero attached hydrogens (tertiary/aromatic N) is 1. The molecular formula is C20H30N2O5S. The van der Waals surface area contributed by atoms with Crippen LogP contribution in [0.4, 0.5) is 0 Å². The minimum absolute atomic E-state index is 0.135. The van der Waals surface area contributed by atoms with Gasteiger partial charge in [-0.15, -0.1) is 0 Å². The number of carbonyl (C=O) groups is 1. The first kappa shape index (κ1) is 21.1. The van der Waals surface area contributed by atoms with E-state index in [4.69, 9.17) is 9.47 Å². The van der Waals surface area contributed by atoms with Crippen molar-refractivity contribution in [1.29, 1.82) is 0 Å². The Bertz CT molecular complexity index is 759. The van der Waals surface area contributed by atoms with E-state index in [0.29, 0.717) is 38.0 Å². The largest absolute Gasteiger partial charge is 0.481 e. The predicted molar refractivity (Wildman–Crippen MR) is 106 cm³/mol. The van der Waals surface area contributed by atoms with E-state index >= 15 is 0 Å². The minimum Gasteiger partial charge on any atom is -0.481 e. The highest BCUT2D eigenvalue weighted by Crippen LogP contribution is 2.24. The molecule has 1 aromatic rings. The van der Waals surface area contributed by atoms with Crippen molar-refractivity contribution in [2.45, 2.75) is 56.6 Å². The van der Waals surface area contributed by atoms with Gasteiger partial charge in [0.05, 0.1) is 18.1 Å². The quantitative estimate of drug-likeness (QED) is 0.777. The number of benzene rings is 1. The van der Waals surface area contributed by atoms with Gasteiger partial charge in [-0.2, -0.15) is 4.31 Å². The van der Waals surface area contributed by atoms with Gasteiger partial charge in [-0.25, -0.2) is 8.42 Å². The molecule has 0 radical (unpaired) electrons. The van der Waals surface area contributed by atoms with E-state index in [1.165, 1.54) is 22.9 Å². The van der Waals surface area contributed by atoms with Crippen LogP contribution in [0.3, 0.4) is 0 Å². The first-order valence-corrected chi connectivity index (χ1v) is 11.5. The zero-order chi connectivity index (χ0) is 20.1. The Balaban J connectivity index is 1.58. The van der Waals surface area contributed by atoms with Gasteiger partial charge in [0, 0.05) is 19.1 Å². The van der Waals surface area contributed by atoms with Crippen LogP contribution < -0.4 is 10.1 Å². The van der Waals surface area contributed by atoms with Crippen molar-refractivity contribution in [3.63, 3.8) is 0 Å². The molecule has 1 saturated carbocycles. The van der Waals surface area contributed by atoms with Gasteiger partial charge >= 0.3 is 0 Å². The van der Waals surface area contributed by atoms with Gasteiger partial charge in [0.25, 0.3) is 5.91 Å². The second-order valence-corrected chi connectivity index (χ2v) is 9.56. The van der Waals surface area contributed by atoms with E-state index in [0.717, 1.165) is 19.3 Å². The fourth-order valence-corrected chi connectivity index (χ4v) is 5.12. The molecule has 1 amide bonds. The maximum atomic E-state index is 12.6. The van der Waals surface area contributed by atoms with Crippen LogP contribution >= 0.6 is 0 Å². The molecule has 7 nitrogen and oxygen atoms in total. The molecular weight excluding hydrogens is 380 g/mol. The number of carbonyl (C=O) groups excluding carboxylic acids is 1. The number of amides is 1. The predicted octanol–water partition coefficient (Wildman–Crippen LogP) is 2.17. The molecule has 2 aliphatic rings. The Morgan fingerprint density at radius 2 is 1.82 bits per heavy atom. The Morgan fingerprint density at radius 1 is 1.18 bits per heavy atom. The Hall–Kier alpha value is -1.64. The average Bonchev–Trinajstić information content (AvgIpc) is 2.70. The fraction of sp³-hybridized carbons (Fsp3) is 0.650. The van der Waals surface area contributed by atoms with Gasteiger partial charge in [-0.1, -0.05) is 19.8 Å². The first-order chi connectivity index (χ1) is 13.4. The lowest BCUT2D eigenvalue weighted by atomic mass is 9.86. The van der Waals surface area contributed by atoms with Crippen LogP contribution in [0.15, 0.2) is 29.2 Å². The van der Waals surface area contributed by atoms with Crippen LogP contribution in [0.5, 0.6) is 5.75 Å². The lowest BCUT2D eigenvalue weighted by molar-refractivity contribution is -0.128. The van der Waals surface area contributed by atoms with Crippen molar-refractivity contribution in [2.24, 2.45) is 5.92 Å². The molecule has 1 heterocycles. The van der Waals surface area contributed by atoms with Gasteiger partial charge < -0.3 is 14.8 Å². The average molecular weight is 411 g/mol. The van der Waals surface area contributed by atoms with Crippen molar-refractivity contribution in [2.75, 3.05) is 26.3 Å². The molecule has 3 atom stereocenters. The Labute approximate surface area is 167 Å². The molecule has 3 rings (SSSR count). The van der Waals surface area contributed by atoms with Crippen molar-refractivity contribution in [1.82, 2.24) is 9.62 Å². The molecule has 8 heteroatoms. The molecule has 0 spiro atoms.